The Hall–Kier alpha value is -1.06. The highest BCUT2D eigenvalue weighted by Crippen LogP contribution is 2.25. The standard InChI is InChI=1S/C15H22Cl2N2O5S/c1-10(18-14(20)24-15(2,3)4)8-23-19-25(21,22)9-11-12(16)6-5-7-13(11)17/h5-7,10,19H,8-9H2,1-4H3,(H,18,20). The van der Waals surface area contributed by atoms with E-state index in [1.165, 1.54) is 0 Å². The Balaban J connectivity index is 2.48. The van der Waals surface area contributed by atoms with Gasteiger partial charge in [-0.05, 0) is 39.8 Å². The van der Waals surface area contributed by atoms with E-state index in [-0.39, 0.29) is 22.2 Å². The molecule has 0 radical (unpaired) electrons. The molecule has 0 heterocycles. The van der Waals surface area contributed by atoms with Crippen LogP contribution in [0.2, 0.25) is 10.0 Å². The fraction of sp³-hybridized carbons (Fsp3) is 0.533. The van der Waals surface area contributed by atoms with Crippen LogP contribution in [0.25, 0.3) is 0 Å². The fourth-order valence-corrected chi connectivity index (χ4v) is 3.38. The number of ether oxygens (including phenoxy) is 1. The van der Waals surface area contributed by atoms with Gasteiger partial charge in [0.2, 0.25) is 10.0 Å². The number of hydrogen-bond acceptors (Lipinski definition) is 5. The normalized spacial score (nSPS) is 13.4. The number of carbonyl (C=O) groups is 1. The van der Waals surface area contributed by atoms with Gasteiger partial charge < -0.3 is 10.1 Å². The van der Waals surface area contributed by atoms with E-state index in [4.69, 9.17) is 32.8 Å². The molecular weight excluding hydrogens is 391 g/mol. The maximum absolute atomic E-state index is 12.0. The summed E-state index contributed by atoms with van der Waals surface area (Å²) >= 11 is 11.9. The third-order valence-corrected chi connectivity index (χ3v) is 4.43. The van der Waals surface area contributed by atoms with E-state index in [2.05, 4.69) is 5.32 Å². The molecule has 1 atom stereocenters. The Bertz CT molecular complexity index is 684. The quantitative estimate of drug-likeness (QED) is 0.670. The van der Waals surface area contributed by atoms with Crippen LogP contribution in [-0.4, -0.2) is 32.8 Å². The lowest BCUT2D eigenvalue weighted by Crippen LogP contribution is -2.41. The number of halogens is 2. The van der Waals surface area contributed by atoms with Crippen LogP contribution in [0.4, 0.5) is 4.79 Å². The Morgan fingerprint density at radius 1 is 1.24 bits per heavy atom. The molecule has 0 spiro atoms. The van der Waals surface area contributed by atoms with E-state index in [0.29, 0.717) is 0 Å². The number of nitrogens with one attached hydrogen (secondary N) is 2. The zero-order valence-corrected chi connectivity index (χ0v) is 16.8. The molecule has 0 saturated heterocycles. The predicted molar refractivity (Wildman–Crippen MR) is 97.0 cm³/mol. The summed E-state index contributed by atoms with van der Waals surface area (Å²) in [5, 5.41) is 3.02. The van der Waals surface area contributed by atoms with Crippen LogP contribution in [0.3, 0.4) is 0 Å². The van der Waals surface area contributed by atoms with Gasteiger partial charge in [0.05, 0.1) is 18.4 Å². The van der Waals surface area contributed by atoms with Crippen molar-refractivity contribution in [1.82, 2.24) is 10.2 Å². The van der Waals surface area contributed by atoms with Crippen LogP contribution < -0.4 is 10.2 Å². The molecule has 7 nitrogen and oxygen atoms in total. The summed E-state index contributed by atoms with van der Waals surface area (Å²) in [5.74, 6) is -0.431. The number of amides is 1. The van der Waals surface area contributed by atoms with Gasteiger partial charge in [-0.1, -0.05) is 34.2 Å². The first kappa shape index (κ1) is 22.0. The molecule has 0 aromatic heterocycles. The number of hydrogen-bond donors (Lipinski definition) is 2. The number of carbonyl (C=O) groups excluding carboxylic acids is 1. The summed E-state index contributed by atoms with van der Waals surface area (Å²) in [6.07, 6.45) is -0.616. The molecule has 1 unspecified atom stereocenters. The van der Waals surface area contributed by atoms with Gasteiger partial charge in [0.25, 0.3) is 0 Å². The zero-order chi connectivity index (χ0) is 19.3. The van der Waals surface area contributed by atoms with Crippen molar-refractivity contribution in [3.63, 3.8) is 0 Å². The highest BCUT2D eigenvalue weighted by molar-refractivity contribution is 7.88. The SMILES string of the molecule is CC(CONS(=O)(=O)Cc1c(Cl)cccc1Cl)NC(=O)OC(C)(C)C. The topological polar surface area (TPSA) is 93.7 Å². The second-order valence-electron chi connectivity index (χ2n) is 6.40. The minimum absolute atomic E-state index is 0.0886. The Kier molecular flexibility index (Phi) is 7.95. The number of alkyl carbamates (subject to hydrolysis) is 1. The van der Waals surface area contributed by atoms with Crippen molar-refractivity contribution in [1.29, 1.82) is 0 Å². The maximum Gasteiger partial charge on any atom is 0.407 e. The Labute approximate surface area is 158 Å². The highest BCUT2D eigenvalue weighted by atomic mass is 35.5. The van der Waals surface area contributed by atoms with E-state index < -0.39 is 33.5 Å². The molecule has 0 aliphatic heterocycles. The molecule has 10 heteroatoms. The van der Waals surface area contributed by atoms with Crippen LogP contribution in [0, 0.1) is 0 Å². The number of benzene rings is 1. The maximum atomic E-state index is 12.0. The minimum Gasteiger partial charge on any atom is -0.444 e. The fourth-order valence-electron chi connectivity index (χ4n) is 1.69. The van der Waals surface area contributed by atoms with E-state index >= 15 is 0 Å². The van der Waals surface area contributed by atoms with Gasteiger partial charge in [-0.2, -0.15) is 0 Å². The number of sulfonamides is 1. The second kappa shape index (κ2) is 9.05. The smallest absolute Gasteiger partial charge is 0.407 e. The predicted octanol–water partition coefficient (Wildman–Crippen LogP) is 3.26. The summed E-state index contributed by atoms with van der Waals surface area (Å²) in [6, 6.07) is 4.24. The molecule has 25 heavy (non-hydrogen) atoms. The molecule has 1 rings (SSSR count). The van der Waals surface area contributed by atoms with E-state index in [1.54, 1.807) is 45.9 Å². The molecular formula is C15H22Cl2N2O5S. The highest BCUT2D eigenvalue weighted by Gasteiger charge is 2.19. The largest absolute Gasteiger partial charge is 0.444 e. The van der Waals surface area contributed by atoms with Gasteiger partial charge in [0.1, 0.15) is 5.60 Å². The third kappa shape index (κ3) is 8.73. The number of rotatable bonds is 7. The van der Waals surface area contributed by atoms with Gasteiger partial charge in [0.15, 0.2) is 0 Å². The van der Waals surface area contributed by atoms with Crippen LogP contribution in [0.15, 0.2) is 18.2 Å². The lowest BCUT2D eigenvalue weighted by atomic mass is 10.2. The van der Waals surface area contributed by atoms with Gasteiger partial charge in [-0.15, -0.1) is 0 Å². The third-order valence-electron chi connectivity index (χ3n) is 2.68. The van der Waals surface area contributed by atoms with Crippen molar-refractivity contribution >= 4 is 39.3 Å². The van der Waals surface area contributed by atoms with Crippen LogP contribution in [0.1, 0.15) is 33.3 Å². The lowest BCUT2D eigenvalue weighted by Gasteiger charge is -2.21. The van der Waals surface area contributed by atoms with E-state index in [1.807, 2.05) is 4.89 Å². The van der Waals surface area contributed by atoms with Crippen molar-refractivity contribution in [3.8, 4) is 0 Å². The second-order valence-corrected chi connectivity index (χ2v) is 8.90. The van der Waals surface area contributed by atoms with Gasteiger partial charge in [-0.3, -0.25) is 4.84 Å². The van der Waals surface area contributed by atoms with Gasteiger partial charge in [-0.25, -0.2) is 13.2 Å². The first-order chi connectivity index (χ1) is 11.4. The molecule has 2 N–H and O–H groups in total. The lowest BCUT2D eigenvalue weighted by molar-refractivity contribution is 0.0407. The molecule has 0 fully saturated rings. The first-order valence-corrected chi connectivity index (χ1v) is 9.84. The Morgan fingerprint density at radius 3 is 2.32 bits per heavy atom. The summed E-state index contributed by atoms with van der Waals surface area (Å²) in [6.45, 7) is 6.77. The summed E-state index contributed by atoms with van der Waals surface area (Å²) < 4.78 is 29.1. The summed E-state index contributed by atoms with van der Waals surface area (Å²) in [7, 11) is -3.82. The van der Waals surface area contributed by atoms with Crippen LogP contribution >= 0.6 is 23.2 Å². The molecule has 1 aromatic carbocycles. The summed E-state index contributed by atoms with van der Waals surface area (Å²) in [4.78, 5) is 18.5. The molecule has 0 bridgehead atoms. The molecule has 0 aliphatic rings. The zero-order valence-electron chi connectivity index (χ0n) is 14.4. The molecule has 1 amide bonds. The molecule has 0 saturated carbocycles. The minimum atomic E-state index is -3.82. The van der Waals surface area contributed by atoms with Crippen LogP contribution in [0.5, 0.6) is 0 Å². The Morgan fingerprint density at radius 2 is 1.80 bits per heavy atom. The first-order valence-electron chi connectivity index (χ1n) is 7.43. The van der Waals surface area contributed by atoms with Crippen LogP contribution in [-0.2, 0) is 25.4 Å². The average Bonchev–Trinajstić information content (AvgIpc) is 2.40. The molecule has 0 aliphatic carbocycles. The molecule has 1 aromatic rings. The van der Waals surface area contributed by atoms with E-state index in [0.717, 1.165) is 0 Å². The molecule has 142 valence electrons. The van der Waals surface area contributed by atoms with Crippen molar-refractivity contribution in [2.24, 2.45) is 0 Å². The van der Waals surface area contributed by atoms with Gasteiger partial charge >= 0.3 is 6.09 Å². The van der Waals surface area contributed by atoms with Crippen molar-refractivity contribution < 1.29 is 22.8 Å². The average molecular weight is 413 g/mol. The monoisotopic (exact) mass is 412 g/mol. The van der Waals surface area contributed by atoms with Crippen molar-refractivity contribution in [2.75, 3.05) is 6.61 Å². The van der Waals surface area contributed by atoms with Crippen molar-refractivity contribution in [2.45, 2.75) is 45.1 Å². The van der Waals surface area contributed by atoms with E-state index in [9.17, 15) is 13.2 Å². The summed E-state index contributed by atoms with van der Waals surface area (Å²) in [5.41, 5.74) is -0.345. The van der Waals surface area contributed by atoms with Gasteiger partial charge in [0, 0.05) is 15.6 Å². The van der Waals surface area contributed by atoms with Crippen molar-refractivity contribution in [3.05, 3.63) is 33.8 Å².